The summed E-state index contributed by atoms with van der Waals surface area (Å²) < 4.78 is 5.36. The van der Waals surface area contributed by atoms with Crippen molar-refractivity contribution in [2.24, 2.45) is 11.3 Å². The lowest BCUT2D eigenvalue weighted by Crippen LogP contribution is -2.49. The fourth-order valence-corrected chi connectivity index (χ4v) is 3.16. The highest BCUT2D eigenvalue weighted by Crippen LogP contribution is 2.43. The van der Waals surface area contributed by atoms with Gasteiger partial charge in [-0.05, 0) is 40.8 Å². The van der Waals surface area contributed by atoms with E-state index in [0.717, 1.165) is 6.54 Å². The summed E-state index contributed by atoms with van der Waals surface area (Å²) >= 11 is 0. The number of carboxylic acid groups (broad SMARTS) is 1. The van der Waals surface area contributed by atoms with Crippen molar-refractivity contribution in [2.75, 3.05) is 33.2 Å². The second-order valence-electron chi connectivity index (χ2n) is 7.03. The maximum atomic E-state index is 12.1. The summed E-state index contributed by atoms with van der Waals surface area (Å²) in [4.78, 5) is 27.6. The summed E-state index contributed by atoms with van der Waals surface area (Å²) in [5.41, 5.74) is -1.36. The van der Waals surface area contributed by atoms with Crippen molar-refractivity contribution in [3.63, 3.8) is 0 Å². The zero-order chi connectivity index (χ0) is 15.1. The molecule has 2 aliphatic rings. The van der Waals surface area contributed by atoms with E-state index in [4.69, 9.17) is 4.74 Å². The van der Waals surface area contributed by atoms with Crippen LogP contribution in [0.25, 0.3) is 0 Å². The molecule has 0 unspecified atom stereocenters. The molecule has 1 N–H and O–H groups in total. The molecule has 2 heterocycles. The van der Waals surface area contributed by atoms with E-state index in [1.54, 1.807) is 4.90 Å². The van der Waals surface area contributed by atoms with Crippen LogP contribution in [0.4, 0.5) is 4.79 Å². The third-order valence-corrected chi connectivity index (χ3v) is 4.24. The predicted octanol–water partition coefficient (Wildman–Crippen LogP) is 1.26. The van der Waals surface area contributed by atoms with E-state index in [9.17, 15) is 14.7 Å². The molecule has 0 saturated carbocycles. The van der Waals surface area contributed by atoms with E-state index in [2.05, 4.69) is 4.90 Å². The fraction of sp³-hybridized carbons (Fsp3) is 0.857. The molecule has 0 aromatic carbocycles. The van der Waals surface area contributed by atoms with Gasteiger partial charge in [0.25, 0.3) is 0 Å². The molecule has 2 atom stereocenters. The number of aliphatic carboxylic acids is 1. The van der Waals surface area contributed by atoms with Gasteiger partial charge in [-0.15, -0.1) is 0 Å². The van der Waals surface area contributed by atoms with Crippen LogP contribution >= 0.6 is 0 Å². The van der Waals surface area contributed by atoms with Crippen LogP contribution in [-0.4, -0.2) is 65.8 Å². The number of ether oxygens (including phenoxy) is 1. The van der Waals surface area contributed by atoms with E-state index in [1.165, 1.54) is 0 Å². The average Bonchev–Trinajstić information content (AvgIpc) is 2.66. The summed E-state index contributed by atoms with van der Waals surface area (Å²) in [6.07, 6.45) is 0.179. The van der Waals surface area contributed by atoms with Crippen molar-refractivity contribution in [3.8, 4) is 0 Å². The van der Waals surface area contributed by atoms with Crippen LogP contribution in [0.15, 0.2) is 0 Å². The molecular formula is C14H24N2O4. The number of hydrogen-bond acceptors (Lipinski definition) is 4. The predicted molar refractivity (Wildman–Crippen MR) is 73.5 cm³/mol. The molecule has 0 radical (unpaired) electrons. The highest BCUT2D eigenvalue weighted by molar-refractivity contribution is 5.78. The van der Waals surface area contributed by atoms with Crippen LogP contribution < -0.4 is 0 Å². The lowest BCUT2D eigenvalue weighted by atomic mass is 9.73. The second-order valence-corrected chi connectivity index (χ2v) is 7.03. The van der Waals surface area contributed by atoms with E-state index < -0.39 is 23.1 Å². The Hall–Kier alpha value is -1.30. The number of hydrogen-bond donors (Lipinski definition) is 1. The number of amides is 1. The van der Waals surface area contributed by atoms with Gasteiger partial charge in [-0.2, -0.15) is 0 Å². The number of nitrogens with zero attached hydrogens (tertiary/aromatic N) is 2. The maximum absolute atomic E-state index is 12.1. The largest absolute Gasteiger partial charge is 0.481 e. The topological polar surface area (TPSA) is 70.1 Å². The van der Waals surface area contributed by atoms with Crippen LogP contribution in [0.5, 0.6) is 0 Å². The van der Waals surface area contributed by atoms with E-state index in [0.29, 0.717) is 19.5 Å². The van der Waals surface area contributed by atoms with Crippen LogP contribution in [0.3, 0.4) is 0 Å². The number of piperidine rings is 1. The summed E-state index contributed by atoms with van der Waals surface area (Å²) in [5, 5.41) is 9.62. The van der Waals surface area contributed by atoms with Gasteiger partial charge in [-0.25, -0.2) is 4.79 Å². The Morgan fingerprint density at radius 2 is 1.95 bits per heavy atom. The third kappa shape index (κ3) is 2.75. The van der Waals surface area contributed by atoms with Gasteiger partial charge in [-0.1, -0.05) is 0 Å². The highest BCUT2D eigenvalue weighted by Gasteiger charge is 2.55. The first-order valence-electron chi connectivity index (χ1n) is 7.04. The van der Waals surface area contributed by atoms with Gasteiger partial charge in [-0.3, -0.25) is 4.79 Å². The lowest BCUT2D eigenvalue weighted by molar-refractivity contribution is -0.153. The Morgan fingerprint density at radius 1 is 1.30 bits per heavy atom. The third-order valence-electron chi connectivity index (χ3n) is 4.24. The molecule has 1 amide bonds. The van der Waals surface area contributed by atoms with Crippen molar-refractivity contribution >= 4 is 12.1 Å². The van der Waals surface area contributed by atoms with E-state index in [-0.39, 0.29) is 12.5 Å². The quantitative estimate of drug-likeness (QED) is 0.785. The SMILES string of the molecule is CN1CC[C@]2(C(=O)O)CN(C(=O)OC(C)(C)C)C[C@@H]2C1. The molecule has 6 heteroatoms. The van der Waals surface area contributed by atoms with Gasteiger partial charge in [0.2, 0.25) is 0 Å². The Bertz CT molecular complexity index is 418. The first kappa shape index (κ1) is 15.1. The minimum Gasteiger partial charge on any atom is -0.481 e. The molecule has 2 aliphatic heterocycles. The molecule has 0 bridgehead atoms. The number of fused-ring (bicyclic) bond motifs is 1. The first-order valence-corrected chi connectivity index (χ1v) is 7.04. The molecule has 2 saturated heterocycles. The second kappa shape index (κ2) is 4.91. The Morgan fingerprint density at radius 3 is 2.50 bits per heavy atom. The summed E-state index contributed by atoms with van der Waals surface area (Å²) in [6.45, 7) is 7.64. The Kier molecular flexibility index (Phi) is 3.71. The van der Waals surface area contributed by atoms with Crippen molar-refractivity contribution in [1.29, 1.82) is 0 Å². The van der Waals surface area contributed by atoms with Gasteiger partial charge in [0.15, 0.2) is 0 Å². The van der Waals surface area contributed by atoms with Crippen LogP contribution in [0.1, 0.15) is 27.2 Å². The number of likely N-dealkylation sites (tertiary alicyclic amines) is 2. The monoisotopic (exact) mass is 284 g/mol. The Labute approximate surface area is 119 Å². The number of rotatable bonds is 1. The zero-order valence-corrected chi connectivity index (χ0v) is 12.7. The minimum absolute atomic E-state index is 0.0220. The number of carbonyl (C=O) groups is 2. The average molecular weight is 284 g/mol. The normalized spacial score (nSPS) is 31.0. The highest BCUT2D eigenvalue weighted by atomic mass is 16.6. The minimum atomic E-state index is -0.802. The van der Waals surface area contributed by atoms with Gasteiger partial charge in [0.05, 0.1) is 5.41 Å². The molecule has 114 valence electrons. The van der Waals surface area contributed by atoms with Gasteiger partial charge in [0, 0.05) is 25.6 Å². The Balaban J connectivity index is 2.14. The van der Waals surface area contributed by atoms with Gasteiger partial charge in [0.1, 0.15) is 5.60 Å². The van der Waals surface area contributed by atoms with Crippen molar-refractivity contribution in [3.05, 3.63) is 0 Å². The molecule has 2 rings (SSSR count). The first-order chi connectivity index (χ1) is 9.14. The van der Waals surface area contributed by atoms with Crippen LogP contribution in [-0.2, 0) is 9.53 Å². The molecular weight excluding hydrogens is 260 g/mol. The smallest absolute Gasteiger partial charge is 0.410 e. The summed E-state index contributed by atoms with van der Waals surface area (Å²) in [6, 6.07) is 0. The molecule has 0 aromatic heterocycles. The molecule has 6 nitrogen and oxygen atoms in total. The maximum Gasteiger partial charge on any atom is 0.410 e. The number of carboxylic acids is 1. The lowest BCUT2D eigenvalue weighted by Gasteiger charge is -2.38. The van der Waals surface area contributed by atoms with E-state index in [1.807, 2.05) is 27.8 Å². The molecule has 0 aromatic rings. The number of carbonyl (C=O) groups excluding carboxylic acids is 1. The molecule has 0 aliphatic carbocycles. The van der Waals surface area contributed by atoms with Crippen molar-refractivity contribution < 1.29 is 19.4 Å². The van der Waals surface area contributed by atoms with Crippen molar-refractivity contribution in [2.45, 2.75) is 32.8 Å². The fourth-order valence-electron chi connectivity index (χ4n) is 3.16. The van der Waals surface area contributed by atoms with Gasteiger partial charge >= 0.3 is 12.1 Å². The molecule has 2 fully saturated rings. The molecule has 20 heavy (non-hydrogen) atoms. The summed E-state index contributed by atoms with van der Waals surface area (Å²) in [7, 11) is 1.99. The van der Waals surface area contributed by atoms with Crippen LogP contribution in [0.2, 0.25) is 0 Å². The van der Waals surface area contributed by atoms with Crippen molar-refractivity contribution in [1.82, 2.24) is 9.80 Å². The van der Waals surface area contributed by atoms with E-state index >= 15 is 0 Å². The zero-order valence-electron chi connectivity index (χ0n) is 12.7. The summed E-state index contributed by atoms with van der Waals surface area (Å²) in [5.74, 6) is -0.812. The van der Waals surface area contributed by atoms with Gasteiger partial charge < -0.3 is 19.6 Å². The van der Waals surface area contributed by atoms with Crippen LogP contribution in [0, 0.1) is 11.3 Å². The molecule has 0 spiro atoms. The standard InChI is InChI=1S/C14H24N2O4/c1-13(2,3)20-12(19)16-8-10-7-15(4)6-5-14(10,9-16)11(17)18/h10H,5-9H2,1-4H3,(H,17,18)/t10-,14-/m0/s1.